The number of carbonyl (C=O) groups excluding carboxylic acids is 1. The van der Waals surface area contributed by atoms with Gasteiger partial charge in [-0.25, -0.2) is 4.98 Å². The van der Waals surface area contributed by atoms with E-state index in [1.165, 1.54) is 11.8 Å². The van der Waals surface area contributed by atoms with Crippen molar-refractivity contribution in [3.63, 3.8) is 0 Å². The Labute approximate surface area is 139 Å². The van der Waals surface area contributed by atoms with Crippen molar-refractivity contribution in [1.29, 1.82) is 0 Å². The number of aryl methyl sites for hydroxylation is 1. The minimum Gasteiger partial charge on any atom is -0.350 e. The Hall–Kier alpha value is -2.08. The molecule has 2 aromatic rings. The summed E-state index contributed by atoms with van der Waals surface area (Å²) >= 11 is 1.53. The van der Waals surface area contributed by atoms with Crippen LogP contribution in [0.25, 0.3) is 0 Å². The van der Waals surface area contributed by atoms with Crippen molar-refractivity contribution in [3.8, 4) is 0 Å². The van der Waals surface area contributed by atoms with E-state index < -0.39 is 0 Å². The highest BCUT2D eigenvalue weighted by atomic mass is 32.2. The van der Waals surface area contributed by atoms with Gasteiger partial charge in [-0.15, -0.1) is 0 Å². The topological polar surface area (TPSA) is 64.0 Å². The fourth-order valence-electron chi connectivity index (χ4n) is 2.71. The molecule has 1 aliphatic heterocycles. The van der Waals surface area contributed by atoms with Gasteiger partial charge < -0.3 is 5.32 Å². The molecule has 0 bridgehead atoms. The Bertz CT molecular complexity index is 773. The lowest BCUT2D eigenvalue weighted by atomic mass is 10.1. The van der Waals surface area contributed by atoms with E-state index in [0.717, 1.165) is 5.56 Å². The number of amides is 1. The summed E-state index contributed by atoms with van der Waals surface area (Å²) < 4.78 is 1.66. The van der Waals surface area contributed by atoms with Crippen LogP contribution in [-0.2, 0) is 4.79 Å². The van der Waals surface area contributed by atoms with Gasteiger partial charge in [-0.3, -0.25) is 14.2 Å². The summed E-state index contributed by atoms with van der Waals surface area (Å²) in [5.74, 6) is 0.659. The van der Waals surface area contributed by atoms with Crippen LogP contribution in [0.3, 0.4) is 0 Å². The highest BCUT2D eigenvalue weighted by molar-refractivity contribution is 7.99. The lowest BCUT2D eigenvalue weighted by Gasteiger charge is -2.17. The summed E-state index contributed by atoms with van der Waals surface area (Å²) in [6, 6.07) is 9.66. The van der Waals surface area contributed by atoms with Crippen LogP contribution in [0.2, 0.25) is 0 Å². The van der Waals surface area contributed by atoms with Gasteiger partial charge in [0, 0.05) is 23.9 Å². The number of rotatable bonds is 4. The molecule has 120 valence electrons. The molecular formula is C17H19N3O2S. The Morgan fingerprint density at radius 3 is 2.91 bits per heavy atom. The Morgan fingerprint density at radius 2 is 2.17 bits per heavy atom. The molecule has 23 heavy (non-hydrogen) atoms. The maximum absolute atomic E-state index is 12.3. The molecule has 2 atom stereocenters. The summed E-state index contributed by atoms with van der Waals surface area (Å²) in [6.07, 6.45) is 1.89. The first-order valence-corrected chi connectivity index (χ1v) is 8.60. The molecule has 0 fully saturated rings. The predicted molar refractivity (Wildman–Crippen MR) is 90.6 cm³/mol. The molecule has 0 radical (unpaired) electrons. The number of fused-ring (bicyclic) bond motifs is 1. The summed E-state index contributed by atoms with van der Waals surface area (Å²) in [6.45, 7) is 3.71. The second kappa shape index (κ2) is 6.58. The average Bonchev–Trinajstić information content (AvgIpc) is 2.95. The number of hydrogen-bond acceptors (Lipinski definition) is 4. The molecule has 1 aromatic heterocycles. The number of benzene rings is 1. The van der Waals surface area contributed by atoms with Crippen LogP contribution in [0.15, 0.2) is 46.5 Å². The number of hydrogen-bond donors (Lipinski definition) is 1. The number of nitrogens with one attached hydrogen (secondary N) is 1. The van der Waals surface area contributed by atoms with Crippen molar-refractivity contribution in [3.05, 3.63) is 58.0 Å². The second-order valence-electron chi connectivity index (χ2n) is 5.77. The molecular weight excluding hydrogens is 310 g/mol. The predicted octanol–water partition coefficient (Wildman–Crippen LogP) is 2.47. The first-order valence-electron chi connectivity index (χ1n) is 7.61. The maximum atomic E-state index is 12.3. The molecule has 1 N–H and O–H groups in total. The van der Waals surface area contributed by atoms with Gasteiger partial charge in [0.1, 0.15) is 0 Å². The van der Waals surface area contributed by atoms with Crippen LogP contribution < -0.4 is 10.9 Å². The molecule has 0 unspecified atom stereocenters. The van der Waals surface area contributed by atoms with Gasteiger partial charge in [0.25, 0.3) is 5.56 Å². The summed E-state index contributed by atoms with van der Waals surface area (Å²) in [5.41, 5.74) is 1.63. The third-order valence-corrected chi connectivity index (χ3v) is 5.11. The Kier molecular flexibility index (Phi) is 4.52. The number of aromatic nitrogens is 2. The fourth-order valence-corrected chi connectivity index (χ4v) is 3.82. The van der Waals surface area contributed by atoms with E-state index in [2.05, 4.69) is 10.3 Å². The van der Waals surface area contributed by atoms with Crippen LogP contribution in [0.1, 0.15) is 36.6 Å². The second-order valence-corrected chi connectivity index (χ2v) is 6.75. The molecule has 3 rings (SSSR count). The normalized spacial score (nSPS) is 17.6. The van der Waals surface area contributed by atoms with E-state index in [1.54, 1.807) is 17.7 Å². The molecule has 6 heteroatoms. The fraction of sp³-hybridized carbons (Fsp3) is 0.353. The first kappa shape index (κ1) is 15.8. The molecule has 0 spiro atoms. The van der Waals surface area contributed by atoms with Crippen LogP contribution in [0, 0.1) is 6.92 Å². The SMILES string of the molecule is Cc1cnc2n(c1=O)[C@@H](CC(=O)N[C@@H](C)c1ccccc1)CS2. The molecule has 0 aliphatic carbocycles. The maximum Gasteiger partial charge on any atom is 0.257 e. The monoisotopic (exact) mass is 329 g/mol. The first-order chi connectivity index (χ1) is 11.1. The van der Waals surface area contributed by atoms with Crippen molar-refractivity contribution < 1.29 is 4.79 Å². The highest BCUT2D eigenvalue weighted by Gasteiger charge is 2.28. The molecule has 2 heterocycles. The van der Waals surface area contributed by atoms with Gasteiger partial charge in [-0.1, -0.05) is 42.1 Å². The molecule has 1 amide bonds. The van der Waals surface area contributed by atoms with Gasteiger partial charge >= 0.3 is 0 Å². The van der Waals surface area contributed by atoms with Crippen molar-refractivity contribution >= 4 is 17.7 Å². The molecule has 1 aromatic carbocycles. The minimum absolute atomic E-state index is 0.0473. The van der Waals surface area contributed by atoms with Gasteiger partial charge in [0.2, 0.25) is 5.91 Å². The minimum atomic E-state index is -0.127. The van der Waals surface area contributed by atoms with Crippen LogP contribution >= 0.6 is 11.8 Å². The number of nitrogens with zero attached hydrogens (tertiary/aromatic N) is 2. The van der Waals surface area contributed by atoms with Gasteiger partial charge in [-0.2, -0.15) is 0 Å². The Morgan fingerprint density at radius 1 is 1.43 bits per heavy atom. The third-order valence-electron chi connectivity index (χ3n) is 4.00. The smallest absolute Gasteiger partial charge is 0.257 e. The Balaban J connectivity index is 1.69. The van der Waals surface area contributed by atoms with E-state index >= 15 is 0 Å². The lowest BCUT2D eigenvalue weighted by Crippen LogP contribution is -2.32. The molecule has 5 nitrogen and oxygen atoms in total. The number of thioether (sulfide) groups is 1. The van der Waals surface area contributed by atoms with Crippen molar-refractivity contribution in [1.82, 2.24) is 14.9 Å². The van der Waals surface area contributed by atoms with Crippen LogP contribution in [0.5, 0.6) is 0 Å². The van der Waals surface area contributed by atoms with E-state index in [-0.39, 0.29) is 23.6 Å². The van der Waals surface area contributed by atoms with Gasteiger partial charge in [-0.05, 0) is 19.4 Å². The zero-order valence-corrected chi connectivity index (χ0v) is 14.0. The largest absolute Gasteiger partial charge is 0.350 e. The molecule has 1 aliphatic rings. The van der Waals surface area contributed by atoms with Crippen LogP contribution in [-0.4, -0.2) is 21.2 Å². The quantitative estimate of drug-likeness (QED) is 0.875. The van der Waals surface area contributed by atoms with Crippen LogP contribution in [0.4, 0.5) is 0 Å². The van der Waals surface area contributed by atoms with Gasteiger partial charge in [0.15, 0.2) is 5.16 Å². The number of carbonyl (C=O) groups is 1. The summed E-state index contributed by atoms with van der Waals surface area (Å²) in [5, 5.41) is 3.71. The summed E-state index contributed by atoms with van der Waals surface area (Å²) in [7, 11) is 0. The van der Waals surface area contributed by atoms with Crippen molar-refractivity contribution in [2.24, 2.45) is 0 Å². The average molecular weight is 329 g/mol. The zero-order valence-electron chi connectivity index (χ0n) is 13.2. The van der Waals surface area contributed by atoms with Crippen molar-refractivity contribution in [2.45, 2.75) is 37.5 Å². The molecule has 0 saturated heterocycles. The highest BCUT2D eigenvalue weighted by Crippen LogP contribution is 2.31. The summed E-state index contributed by atoms with van der Waals surface area (Å²) in [4.78, 5) is 28.9. The van der Waals surface area contributed by atoms with E-state index in [1.807, 2.05) is 37.3 Å². The van der Waals surface area contributed by atoms with E-state index in [0.29, 0.717) is 22.9 Å². The lowest BCUT2D eigenvalue weighted by molar-refractivity contribution is -0.122. The van der Waals surface area contributed by atoms with Gasteiger partial charge in [0.05, 0.1) is 12.1 Å². The molecule has 0 saturated carbocycles. The van der Waals surface area contributed by atoms with E-state index in [9.17, 15) is 9.59 Å². The standard InChI is InChI=1S/C17H19N3O2S/c1-11-9-18-17-20(16(11)22)14(10-23-17)8-15(21)19-12(2)13-6-4-3-5-7-13/h3-7,9,12,14H,8,10H2,1-2H3,(H,19,21)/t12-,14-/m0/s1. The van der Waals surface area contributed by atoms with Crippen molar-refractivity contribution in [2.75, 3.05) is 5.75 Å². The zero-order chi connectivity index (χ0) is 16.4. The van der Waals surface area contributed by atoms with E-state index in [4.69, 9.17) is 0 Å². The third kappa shape index (κ3) is 3.32.